The van der Waals surface area contributed by atoms with Crippen molar-refractivity contribution in [3.63, 3.8) is 0 Å². The Balaban J connectivity index is 1.58. The molecule has 1 atom stereocenters. The van der Waals surface area contributed by atoms with Gasteiger partial charge in [-0.3, -0.25) is 4.79 Å². The molecule has 4 rings (SSSR count). The molecule has 29 heavy (non-hydrogen) atoms. The van der Waals surface area contributed by atoms with Crippen molar-refractivity contribution in [1.82, 2.24) is 14.5 Å². The SMILES string of the molecule is Cc1nc(-n2cccc2)sc1C(=O)N1CC[C@@H](c2ccccc2F)S(=O)(=O)CC1. The first-order valence-corrected chi connectivity index (χ1v) is 11.8. The first kappa shape index (κ1) is 19.8. The summed E-state index contributed by atoms with van der Waals surface area (Å²) < 4.78 is 41.6. The van der Waals surface area contributed by atoms with E-state index < -0.39 is 20.9 Å². The number of carbonyl (C=O) groups is 1. The molecule has 0 N–H and O–H groups in total. The van der Waals surface area contributed by atoms with E-state index in [1.54, 1.807) is 17.9 Å². The van der Waals surface area contributed by atoms with Crippen LogP contribution in [-0.4, -0.2) is 47.6 Å². The van der Waals surface area contributed by atoms with E-state index in [1.807, 2.05) is 29.1 Å². The first-order chi connectivity index (χ1) is 13.9. The normalized spacial score (nSPS) is 19.1. The van der Waals surface area contributed by atoms with Crippen LogP contribution in [0.4, 0.5) is 4.39 Å². The Bertz CT molecular complexity index is 1140. The highest BCUT2D eigenvalue weighted by Crippen LogP contribution is 2.32. The fourth-order valence-electron chi connectivity index (χ4n) is 3.53. The van der Waals surface area contributed by atoms with E-state index in [4.69, 9.17) is 0 Å². The van der Waals surface area contributed by atoms with Crippen molar-refractivity contribution in [1.29, 1.82) is 0 Å². The van der Waals surface area contributed by atoms with E-state index in [-0.39, 0.29) is 36.7 Å². The fraction of sp³-hybridized carbons (Fsp3) is 0.300. The van der Waals surface area contributed by atoms with E-state index in [2.05, 4.69) is 4.98 Å². The summed E-state index contributed by atoms with van der Waals surface area (Å²) in [4.78, 5) is 19.6. The van der Waals surface area contributed by atoms with Crippen molar-refractivity contribution in [3.05, 3.63) is 70.7 Å². The minimum absolute atomic E-state index is 0.0856. The third-order valence-electron chi connectivity index (χ3n) is 5.08. The Morgan fingerprint density at radius 3 is 2.62 bits per heavy atom. The lowest BCUT2D eigenvalue weighted by Crippen LogP contribution is -2.33. The Labute approximate surface area is 172 Å². The van der Waals surface area contributed by atoms with Crippen LogP contribution in [0.25, 0.3) is 5.13 Å². The summed E-state index contributed by atoms with van der Waals surface area (Å²) in [6.45, 7) is 2.10. The van der Waals surface area contributed by atoms with Crippen LogP contribution >= 0.6 is 11.3 Å². The smallest absolute Gasteiger partial charge is 0.265 e. The number of benzene rings is 1. The van der Waals surface area contributed by atoms with Gasteiger partial charge >= 0.3 is 0 Å². The molecule has 3 heterocycles. The Kier molecular flexibility index (Phi) is 5.26. The summed E-state index contributed by atoms with van der Waals surface area (Å²) >= 11 is 1.28. The number of amides is 1. The summed E-state index contributed by atoms with van der Waals surface area (Å²) in [6, 6.07) is 9.69. The van der Waals surface area contributed by atoms with E-state index in [0.717, 1.165) is 0 Å². The molecule has 3 aromatic rings. The van der Waals surface area contributed by atoms with Crippen LogP contribution in [0.1, 0.15) is 32.6 Å². The second-order valence-corrected chi connectivity index (χ2v) is 10.2. The molecule has 0 aliphatic carbocycles. The van der Waals surface area contributed by atoms with Gasteiger partial charge < -0.3 is 9.47 Å². The minimum atomic E-state index is -3.57. The van der Waals surface area contributed by atoms with Gasteiger partial charge in [0.05, 0.1) is 16.7 Å². The van der Waals surface area contributed by atoms with E-state index >= 15 is 0 Å². The molecule has 0 unspecified atom stereocenters. The third-order valence-corrected chi connectivity index (χ3v) is 8.35. The molecule has 1 aromatic carbocycles. The maximum atomic E-state index is 14.2. The van der Waals surface area contributed by atoms with Gasteiger partial charge in [-0.05, 0) is 31.5 Å². The second-order valence-electron chi connectivity index (χ2n) is 6.96. The molecule has 6 nitrogen and oxygen atoms in total. The van der Waals surface area contributed by atoms with Crippen molar-refractivity contribution in [2.75, 3.05) is 18.8 Å². The lowest BCUT2D eigenvalue weighted by Gasteiger charge is -2.19. The Morgan fingerprint density at radius 1 is 1.17 bits per heavy atom. The maximum absolute atomic E-state index is 14.2. The zero-order valence-electron chi connectivity index (χ0n) is 15.8. The molecule has 9 heteroatoms. The number of hydrogen-bond acceptors (Lipinski definition) is 5. The number of carbonyl (C=O) groups excluding carboxylic acids is 1. The highest BCUT2D eigenvalue weighted by atomic mass is 32.2. The monoisotopic (exact) mass is 433 g/mol. The number of sulfone groups is 1. The van der Waals surface area contributed by atoms with Crippen LogP contribution in [0.15, 0.2) is 48.8 Å². The van der Waals surface area contributed by atoms with Gasteiger partial charge in [0, 0.05) is 31.0 Å². The van der Waals surface area contributed by atoms with Gasteiger partial charge in [0.2, 0.25) is 0 Å². The van der Waals surface area contributed by atoms with Crippen LogP contribution in [0, 0.1) is 12.7 Å². The van der Waals surface area contributed by atoms with Crippen molar-refractivity contribution in [3.8, 4) is 5.13 Å². The molecule has 1 saturated heterocycles. The highest BCUT2D eigenvalue weighted by Gasteiger charge is 2.35. The number of aryl methyl sites for hydroxylation is 1. The average molecular weight is 434 g/mol. The van der Waals surface area contributed by atoms with Gasteiger partial charge in [-0.1, -0.05) is 29.5 Å². The summed E-state index contributed by atoms with van der Waals surface area (Å²) in [7, 11) is -3.57. The quantitative estimate of drug-likeness (QED) is 0.635. The summed E-state index contributed by atoms with van der Waals surface area (Å²) in [5.74, 6) is -0.960. The van der Waals surface area contributed by atoms with Crippen molar-refractivity contribution >= 4 is 27.1 Å². The zero-order valence-corrected chi connectivity index (χ0v) is 17.4. The van der Waals surface area contributed by atoms with E-state index in [1.165, 1.54) is 29.5 Å². The second kappa shape index (κ2) is 7.72. The summed E-state index contributed by atoms with van der Waals surface area (Å²) in [6.07, 6.45) is 3.87. The van der Waals surface area contributed by atoms with Crippen molar-refractivity contribution in [2.45, 2.75) is 18.6 Å². The van der Waals surface area contributed by atoms with Crippen LogP contribution < -0.4 is 0 Å². The maximum Gasteiger partial charge on any atom is 0.265 e. The van der Waals surface area contributed by atoms with Gasteiger partial charge in [0.1, 0.15) is 10.7 Å². The largest absolute Gasteiger partial charge is 0.337 e. The molecule has 1 fully saturated rings. The predicted octanol–water partition coefficient (Wildman–Crippen LogP) is 3.38. The first-order valence-electron chi connectivity index (χ1n) is 9.23. The van der Waals surface area contributed by atoms with Crippen LogP contribution in [-0.2, 0) is 9.84 Å². The Hall–Kier alpha value is -2.52. The number of rotatable bonds is 3. The molecule has 152 valence electrons. The number of aromatic nitrogens is 2. The molecular weight excluding hydrogens is 413 g/mol. The van der Waals surface area contributed by atoms with Crippen molar-refractivity contribution < 1.29 is 17.6 Å². The van der Waals surface area contributed by atoms with Crippen LogP contribution in [0.5, 0.6) is 0 Å². The molecule has 1 aliphatic rings. The molecule has 0 saturated carbocycles. The topological polar surface area (TPSA) is 72.3 Å². The fourth-order valence-corrected chi connectivity index (χ4v) is 6.33. The average Bonchev–Trinajstić information content (AvgIpc) is 3.31. The minimum Gasteiger partial charge on any atom is -0.337 e. The number of hydrogen-bond donors (Lipinski definition) is 0. The van der Waals surface area contributed by atoms with Crippen LogP contribution in [0.2, 0.25) is 0 Å². The molecular formula is C20H20FN3O3S2. The number of halogens is 1. The molecule has 1 aliphatic heterocycles. The van der Waals surface area contributed by atoms with Gasteiger partial charge in [0.15, 0.2) is 15.0 Å². The van der Waals surface area contributed by atoms with Gasteiger partial charge in [0.25, 0.3) is 5.91 Å². The zero-order chi connectivity index (χ0) is 20.6. The molecule has 0 spiro atoms. The van der Waals surface area contributed by atoms with E-state index in [9.17, 15) is 17.6 Å². The predicted molar refractivity (Wildman–Crippen MR) is 110 cm³/mol. The molecule has 0 radical (unpaired) electrons. The van der Waals surface area contributed by atoms with Crippen molar-refractivity contribution in [2.24, 2.45) is 0 Å². The number of nitrogens with zero attached hydrogens (tertiary/aromatic N) is 3. The molecule has 0 bridgehead atoms. The number of thiazole rings is 1. The third kappa shape index (κ3) is 3.84. The van der Waals surface area contributed by atoms with Gasteiger partial charge in [-0.2, -0.15) is 0 Å². The summed E-state index contributed by atoms with van der Waals surface area (Å²) in [5.41, 5.74) is 0.784. The lowest BCUT2D eigenvalue weighted by atomic mass is 10.1. The molecule has 1 amide bonds. The van der Waals surface area contributed by atoms with Gasteiger partial charge in [-0.15, -0.1) is 0 Å². The Morgan fingerprint density at radius 2 is 1.90 bits per heavy atom. The van der Waals surface area contributed by atoms with Gasteiger partial charge in [-0.25, -0.2) is 17.8 Å². The standard InChI is InChI=1S/C20H20FN3O3S2/c1-14-18(28-20(22-14)24-9-4-5-10-24)19(25)23-11-8-17(29(26,27)13-12-23)15-6-2-3-7-16(15)21/h2-7,9-10,17H,8,11-13H2,1H3/t17-/m0/s1. The lowest BCUT2D eigenvalue weighted by molar-refractivity contribution is 0.0770. The molecule has 2 aromatic heterocycles. The summed E-state index contributed by atoms with van der Waals surface area (Å²) in [5, 5.41) is -0.262. The highest BCUT2D eigenvalue weighted by molar-refractivity contribution is 7.91. The van der Waals surface area contributed by atoms with E-state index in [0.29, 0.717) is 15.7 Å². The van der Waals surface area contributed by atoms with Crippen LogP contribution in [0.3, 0.4) is 0 Å².